The summed E-state index contributed by atoms with van der Waals surface area (Å²) in [7, 11) is 0. The van der Waals surface area contributed by atoms with E-state index in [9.17, 15) is 19.7 Å². The normalized spacial score (nSPS) is 9.96. The number of esters is 1. The highest BCUT2D eigenvalue weighted by molar-refractivity contribution is 5.92. The van der Waals surface area contributed by atoms with Gasteiger partial charge >= 0.3 is 5.97 Å². The van der Waals surface area contributed by atoms with Crippen molar-refractivity contribution in [1.82, 2.24) is 0 Å². The second kappa shape index (κ2) is 7.17. The SMILES string of the molecule is CCC(=O)Nc1ccc(OC(=O)c2cccc([N+](=O)[O-])c2)cc1. The third-order valence-corrected chi connectivity index (χ3v) is 2.96. The molecule has 0 aliphatic heterocycles. The Balaban J connectivity index is 2.07. The van der Waals surface area contributed by atoms with Gasteiger partial charge in [0.05, 0.1) is 10.5 Å². The van der Waals surface area contributed by atoms with Crippen LogP contribution in [-0.4, -0.2) is 16.8 Å². The lowest BCUT2D eigenvalue weighted by Gasteiger charge is -2.06. The highest BCUT2D eigenvalue weighted by atomic mass is 16.6. The Kier molecular flexibility index (Phi) is 5.03. The maximum Gasteiger partial charge on any atom is 0.343 e. The van der Waals surface area contributed by atoms with Crippen LogP contribution in [0, 0.1) is 10.1 Å². The summed E-state index contributed by atoms with van der Waals surface area (Å²) < 4.78 is 5.15. The zero-order valence-electron chi connectivity index (χ0n) is 12.3. The van der Waals surface area contributed by atoms with E-state index in [1.165, 1.54) is 30.3 Å². The predicted molar refractivity (Wildman–Crippen MR) is 83.4 cm³/mol. The summed E-state index contributed by atoms with van der Waals surface area (Å²) in [6.45, 7) is 1.74. The molecule has 0 unspecified atom stereocenters. The number of carbonyl (C=O) groups is 2. The molecule has 23 heavy (non-hydrogen) atoms. The van der Waals surface area contributed by atoms with Gasteiger partial charge in [0.25, 0.3) is 5.69 Å². The number of nitrogens with one attached hydrogen (secondary N) is 1. The van der Waals surface area contributed by atoms with Crippen LogP contribution >= 0.6 is 0 Å². The molecule has 0 aliphatic carbocycles. The highest BCUT2D eigenvalue weighted by Crippen LogP contribution is 2.19. The molecule has 0 radical (unpaired) electrons. The molecule has 1 N–H and O–H groups in total. The van der Waals surface area contributed by atoms with E-state index in [4.69, 9.17) is 4.74 Å². The Morgan fingerprint density at radius 3 is 2.48 bits per heavy atom. The summed E-state index contributed by atoms with van der Waals surface area (Å²) in [5, 5.41) is 13.4. The highest BCUT2D eigenvalue weighted by Gasteiger charge is 2.13. The van der Waals surface area contributed by atoms with Gasteiger partial charge in [-0.3, -0.25) is 14.9 Å². The summed E-state index contributed by atoms with van der Waals surface area (Å²) in [6, 6.07) is 11.6. The summed E-state index contributed by atoms with van der Waals surface area (Å²) >= 11 is 0. The number of non-ortho nitro benzene ring substituents is 1. The van der Waals surface area contributed by atoms with Gasteiger partial charge in [0.1, 0.15) is 5.75 Å². The summed E-state index contributed by atoms with van der Waals surface area (Å²) in [5.41, 5.74) is 0.492. The van der Waals surface area contributed by atoms with Crippen LogP contribution in [0.3, 0.4) is 0 Å². The lowest BCUT2D eigenvalue weighted by Crippen LogP contribution is -2.10. The smallest absolute Gasteiger partial charge is 0.343 e. The molecule has 7 nitrogen and oxygen atoms in total. The molecule has 0 spiro atoms. The van der Waals surface area contributed by atoms with Crippen LogP contribution in [0.4, 0.5) is 11.4 Å². The van der Waals surface area contributed by atoms with Crippen molar-refractivity contribution in [2.75, 3.05) is 5.32 Å². The fraction of sp³-hybridized carbons (Fsp3) is 0.125. The van der Waals surface area contributed by atoms with E-state index in [0.29, 0.717) is 12.1 Å². The summed E-state index contributed by atoms with van der Waals surface area (Å²) in [5.74, 6) is -0.540. The van der Waals surface area contributed by atoms with Gasteiger partial charge in [0.15, 0.2) is 0 Å². The van der Waals surface area contributed by atoms with Crippen molar-refractivity contribution >= 4 is 23.3 Å². The summed E-state index contributed by atoms with van der Waals surface area (Å²) in [6.07, 6.45) is 0.365. The van der Waals surface area contributed by atoms with Crippen molar-refractivity contribution in [3.05, 3.63) is 64.2 Å². The third-order valence-electron chi connectivity index (χ3n) is 2.96. The number of hydrogen-bond acceptors (Lipinski definition) is 5. The second-order valence-corrected chi connectivity index (χ2v) is 4.62. The fourth-order valence-corrected chi connectivity index (χ4v) is 1.77. The van der Waals surface area contributed by atoms with E-state index in [1.54, 1.807) is 19.1 Å². The molecule has 0 atom stereocenters. The number of amides is 1. The zero-order valence-corrected chi connectivity index (χ0v) is 12.3. The average Bonchev–Trinajstić information content (AvgIpc) is 2.56. The van der Waals surface area contributed by atoms with Gasteiger partial charge in [-0.05, 0) is 30.3 Å². The fourth-order valence-electron chi connectivity index (χ4n) is 1.77. The maximum absolute atomic E-state index is 12.0. The number of anilines is 1. The van der Waals surface area contributed by atoms with E-state index in [0.717, 1.165) is 6.07 Å². The van der Waals surface area contributed by atoms with E-state index in [-0.39, 0.29) is 22.9 Å². The number of nitro groups is 1. The van der Waals surface area contributed by atoms with E-state index < -0.39 is 10.9 Å². The van der Waals surface area contributed by atoms with Gasteiger partial charge in [0.2, 0.25) is 5.91 Å². The van der Waals surface area contributed by atoms with Crippen molar-refractivity contribution in [2.24, 2.45) is 0 Å². The van der Waals surface area contributed by atoms with Crippen molar-refractivity contribution < 1.29 is 19.2 Å². The number of carbonyl (C=O) groups excluding carboxylic acids is 2. The molecule has 0 saturated carbocycles. The van der Waals surface area contributed by atoms with Crippen molar-refractivity contribution in [2.45, 2.75) is 13.3 Å². The lowest BCUT2D eigenvalue weighted by molar-refractivity contribution is -0.384. The van der Waals surface area contributed by atoms with Gasteiger partial charge in [-0.2, -0.15) is 0 Å². The van der Waals surface area contributed by atoms with Crippen LogP contribution in [0.5, 0.6) is 5.75 Å². The predicted octanol–water partition coefficient (Wildman–Crippen LogP) is 3.16. The van der Waals surface area contributed by atoms with Gasteiger partial charge < -0.3 is 10.1 Å². The van der Waals surface area contributed by atoms with Gasteiger partial charge in [-0.25, -0.2) is 4.79 Å². The minimum atomic E-state index is -0.695. The Morgan fingerprint density at radius 1 is 1.17 bits per heavy atom. The third kappa shape index (κ3) is 4.37. The van der Waals surface area contributed by atoms with Gasteiger partial charge in [-0.1, -0.05) is 13.0 Å². The largest absolute Gasteiger partial charge is 0.423 e. The molecule has 7 heteroatoms. The summed E-state index contributed by atoms with van der Waals surface area (Å²) in [4.78, 5) is 33.4. The van der Waals surface area contributed by atoms with Crippen LogP contribution in [0.15, 0.2) is 48.5 Å². The first-order chi connectivity index (χ1) is 11.0. The second-order valence-electron chi connectivity index (χ2n) is 4.62. The van der Waals surface area contributed by atoms with Gasteiger partial charge in [-0.15, -0.1) is 0 Å². The standard InChI is InChI=1S/C16H14N2O5/c1-2-15(19)17-12-6-8-14(9-7-12)23-16(20)11-4-3-5-13(10-11)18(21)22/h3-10H,2H2,1H3,(H,17,19). The van der Waals surface area contributed by atoms with E-state index in [1.807, 2.05) is 0 Å². The molecule has 2 aromatic carbocycles. The quantitative estimate of drug-likeness (QED) is 0.395. The monoisotopic (exact) mass is 314 g/mol. The minimum Gasteiger partial charge on any atom is -0.423 e. The number of hydrogen-bond donors (Lipinski definition) is 1. The Hall–Kier alpha value is -3.22. The van der Waals surface area contributed by atoms with Crippen molar-refractivity contribution in [3.63, 3.8) is 0 Å². The molecule has 1 amide bonds. The first-order valence-electron chi connectivity index (χ1n) is 6.86. The van der Waals surface area contributed by atoms with E-state index >= 15 is 0 Å². The Bertz CT molecular complexity index is 740. The molecule has 0 bridgehead atoms. The van der Waals surface area contributed by atoms with Crippen molar-refractivity contribution in [1.29, 1.82) is 0 Å². The minimum absolute atomic E-state index is 0.0857. The molecule has 0 fully saturated rings. The molecule has 118 valence electrons. The first-order valence-corrected chi connectivity index (χ1v) is 6.86. The average molecular weight is 314 g/mol. The van der Waals surface area contributed by atoms with Crippen LogP contribution in [0.25, 0.3) is 0 Å². The molecule has 0 aliphatic rings. The lowest BCUT2D eigenvalue weighted by atomic mass is 10.2. The topological polar surface area (TPSA) is 98.5 Å². The Morgan fingerprint density at radius 2 is 1.87 bits per heavy atom. The Labute approximate surface area is 132 Å². The number of ether oxygens (including phenoxy) is 1. The molecule has 2 aromatic rings. The van der Waals surface area contributed by atoms with Crippen LogP contribution in [-0.2, 0) is 4.79 Å². The number of benzene rings is 2. The zero-order chi connectivity index (χ0) is 16.8. The maximum atomic E-state index is 12.0. The van der Waals surface area contributed by atoms with Crippen molar-refractivity contribution in [3.8, 4) is 5.75 Å². The molecular weight excluding hydrogens is 300 g/mol. The first kappa shape index (κ1) is 16.2. The number of rotatable bonds is 5. The van der Waals surface area contributed by atoms with E-state index in [2.05, 4.69) is 5.32 Å². The van der Waals surface area contributed by atoms with Gasteiger partial charge in [0, 0.05) is 24.2 Å². The molecular formula is C16H14N2O5. The van der Waals surface area contributed by atoms with Crippen LogP contribution in [0.2, 0.25) is 0 Å². The number of nitro benzene ring substituents is 1. The number of nitrogens with zero attached hydrogens (tertiary/aromatic N) is 1. The molecule has 0 heterocycles. The molecule has 0 aromatic heterocycles. The van der Waals surface area contributed by atoms with Crippen LogP contribution in [0.1, 0.15) is 23.7 Å². The molecule has 0 saturated heterocycles. The molecule has 2 rings (SSSR count). The van der Waals surface area contributed by atoms with Crippen LogP contribution < -0.4 is 10.1 Å².